The number of rotatable bonds is 4. The summed E-state index contributed by atoms with van der Waals surface area (Å²) in [5.74, 6) is 1.41. The molecule has 0 atom stereocenters. The Hall–Kier alpha value is 0.310. The molecule has 0 aromatic heterocycles. The molecule has 0 unspecified atom stereocenters. The molecular formula is C6H17NS. The maximum absolute atomic E-state index is 3.13. The van der Waals surface area contributed by atoms with E-state index in [1.165, 1.54) is 18.7 Å². The fourth-order valence-corrected chi connectivity index (χ4v) is 1.36. The van der Waals surface area contributed by atoms with E-state index in [0.717, 1.165) is 0 Å². The molecule has 0 spiro atoms. The van der Waals surface area contributed by atoms with Crippen molar-refractivity contribution in [3.8, 4) is 0 Å². The second-order valence-electron chi connectivity index (χ2n) is 2.26. The van der Waals surface area contributed by atoms with Gasteiger partial charge in [-0.1, -0.05) is 0 Å². The van der Waals surface area contributed by atoms with Gasteiger partial charge in [-0.2, -0.15) is 0 Å². The maximum atomic E-state index is 3.13. The maximum Gasteiger partial charge on any atom is -0.00447 e. The van der Waals surface area contributed by atoms with E-state index in [1.54, 1.807) is 0 Å². The van der Waals surface area contributed by atoms with Gasteiger partial charge in [0.15, 0.2) is 0 Å². The van der Waals surface area contributed by atoms with E-state index in [9.17, 15) is 0 Å². The van der Waals surface area contributed by atoms with E-state index in [2.05, 4.69) is 17.8 Å². The van der Waals surface area contributed by atoms with Gasteiger partial charge >= 0.3 is 0 Å². The molecule has 0 aromatic carbocycles. The van der Waals surface area contributed by atoms with Crippen molar-refractivity contribution in [1.29, 1.82) is 0 Å². The summed E-state index contributed by atoms with van der Waals surface area (Å²) >= 11 is 0. The summed E-state index contributed by atoms with van der Waals surface area (Å²) in [6.45, 7) is 1.18. The lowest BCUT2D eigenvalue weighted by Gasteiger charge is -2.06. The SMILES string of the molecule is CNCCC[SH](C)C. The molecule has 0 aliphatic heterocycles. The summed E-state index contributed by atoms with van der Waals surface area (Å²) in [7, 11) is 2.36. The molecule has 0 heterocycles. The number of thiol groups is 1. The summed E-state index contributed by atoms with van der Waals surface area (Å²) < 4.78 is 0. The van der Waals surface area contributed by atoms with Crippen LogP contribution in [0.5, 0.6) is 0 Å². The zero-order valence-corrected chi connectivity index (χ0v) is 6.96. The van der Waals surface area contributed by atoms with Crippen LogP contribution in [-0.2, 0) is 0 Å². The minimum absolute atomic E-state index is 0.348. The molecule has 0 radical (unpaired) electrons. The third kappa shape index (κ3) is 6.31. The van der Waals surface area contributed by atoms with Gasteiger partial charge in [0.2, 0.25) is 0 Å². The summed E-state index contributed by atoms with van der Waals surface area (Å²) in [5.41, 5.74) is 0. The molecule has 1 N–H and O–H groups in total. The van der Waals surface area contributed by atoms with E-state index < -0.39 is 0 Å². The van der Waals surface area contributed by atoms with Crippen LogP contribution in [0.15, 0.2) is 0 Å². The van der Waals surface area contributed by atoms with Crippen LogP contribution < -0.4 is 5.32 Å². The van der Waals surface area contributed by atoms with Crippen molar-refractivity contribution in [3.63, 3.8) is 0 Å². The lowest BCUT2D eigenvalue weighted by Crippen LogP contribution is -2.08. The summed E-state index contributed by atoms with van der Waals surface area (Å²) in [5, 5.41) is 3.13. The van der Waals surface area contributed by atoms with Crippen molar-refractivity contribution >= 4 is 10.9 Å². The third-order valence-electron chi connectivity index (χ3n) is 1.03. The molecule has 52 valence electrons. The van der Waals surface area contributed by atoms with Gasteiger partial charge < -0.3 is 5.32 Å². The van der Waals surface area contributed by atoms with Crippen LogP contribution in [0.1, 0.15) is 6.42 Å². The number of hydrogen-bond donors (Lipinski definition) is 2. The van der Waals surface area contributed by atoms with Crippen LogP contribution in [0.3, 0.4) is 0 Å². The first-order chi connectivity index (χ1) is 3.77. The molecule has 0 aliphatic carbocycles. The Labute approximate surface area is 55.2 Å². The normalized spacial score (nSPS) is 11.6. The fraction of sp³-hybridized carbons (Fsp3) is 1.00. The molecule has 8 heavy (non-hydrogen) atoms. The van der Waals surface area contributed by atoms with Crippen molar-refractivity contribution in [2.45, 2.75) is 6.42 Å². The summed E-state index contributed by atoms with van der Waals surface area (Å²) in [6.07, 6.45) is 5.99. The van der Waals surface area contributed by atoms with Gasteiger partial charge in [-0.15, -0.1) is 0 Å². The Morgan fingerprint density at radius 2 is 2.00 bits per heavy atom. The first-order valence-corrected chi connectivity index (χ1v) is 5.49. The highest BCUT2D eigenvalue weighted by Gasteiger charge is 1.86. The molecule has 0 rings (SSSR count). The van der Waals surface area contributed by atoms with E-state index in [-0.39, 0.29) is 0 Å². The average Bonchev–Trinajstić information content (AvgIpc) is 1.66. The van der Waals surface area contributed by atoms with Crippen molar-refractivity contribution < 1.29 is 0 Å². The van der Waals surface area contributed by atoms with Crippen LogP contribution >= 0.6 is 10.9 Å². The minimum atomic E-state index is 0.348. The largest absolute Gasteiger partial charge is 0.320 e. The lowest BCUT2D eigenvalue weighted by molar-refractivity contribution is 0.777. The van der Waals surface area contributed by atoms with Gasteiger partial charge in [0, 0.05) is 0 Å². The molecule has 0 saturated carbocycles. The molecular weight excluding hydrogens is 118 g/mol. The van der Waals surface area contributed by atoms with Gasteiger partial charge in [0.25, 0.3) is 0 Å². The molecule has 0 fully saturated rings. The predicted molar refractivity (Wildman–Crippen MR) is 44.2 cm³/mol. The van der Waals surface area contributed by atoms with Crippen molar-refractivity contribution in [2.75, 3.05) is 31.9 Å². The zero-order chi connectivity index (χ0) is 6.41. The number of hydrogen-bond acceptors (Lipinski definition) is 1. The van der Waals surface area contributed by atoms with Crippen LogP contribution in [0.25, 0.3) is 0 Å². The van der Waals surface area contributed by atoms with E-state index >= 15 is 0 Å². The molecule has 1 nitrogen and oxygen atoms in total. The monoisotopic (exact) mass is 135 g/mol. The van der Waals surface area contributed by atoms with Gasteiger partial charge in [0.05, 0.1) is 0 Å². The molecule has 0 aliphatic rings. The second kappa shape index (κ2) is 5.45. The van der Waals surface area contributed by atoms with Crippen LogP contribution in [0.2, 0.25) is 0 Å². The zero-order valence-electron chi connectivity index (χ0n) is 6.07. The van der Waals surface area contributed by atoms with E-state index in [0.29, 0.717) is 10.9 Å². The van der Waals surface area contributed by atoms with Gasteiger partial charge in [-0.3, -0.25) is 10.9 Å². The van der Waals surface area contributed by atoms with Crippen molar-refractivity contribution in [2.24, 2.45) is 0 Å². The predicted octanol–water partition coefficient (Wildman–Crippen LogP) is 0.857. The third-order valence-corrected chi connectivity index (χ3v) is 2.24. The van der Waals surface area contributed by atoms with Crippen molar-refractivity contribution in [1.82, 2.24) is 5.32 Å². The minimum Gasteiger partial charge on any atom is -0.320 e. The summed E-state index contributed by atoms with van der Waals surface area (Å²) in [4.78, 5) is 0. The highest BCUT2D eigenvalue weighted by molar-refractivity contribution is 8.15. The Balaban J connectivity index is 2.72. The van der Waals surface area contributed by atoms with Crippen LogP contribution in [0, 0.1) is 0 Å². The second-order valence-corrected chi connectivity index (χ2v) is 4.87. The highest BCUT2D eigenvalue weighted by atomic mass is 32.2. The standard InChI is InChI=1S/C6H17NS/c1-7-5-4-6-8(2)3/h7-8H,4-6H2,1-3H3. The molecule has 0 amide bonds. The molecule has 0 saturated heterocycles. The Kier molecular flexibility index (Phi) is 5.66. The van der Waals surface area contributed by atoms with E-state index in [4.69, 9.17) is 0 Å². The molecule has 0 aromatic rings. The van der Waals surface area contributed by atoms with Gasteiger partial charge in [-0.05, 0) is 38.3 Å². The first-order valence-electron chi connectivity index (χ1n) is 3.06. The van der Waals surface area contributed by atoms with Gasteiger partial charge in [-0.25, -0.2) is 0 Å². The van der Waals surface area contributed by atoms with Crippen LogP contribution in [-0.4, -0.2) is 31.9 Å². The Bertz CT molecular complexity index is 45.8. The number of nitrogens with one attached hydrogen (secondary N) is 1. The Morgan fingerprint density at radius 1 is 1.38 bits per heavy atom. The topological polar surface area (TPSA) is 12.0 Å². The summed E-state index contributed by atoms with van der Waals surface area (Å²) in [6, 6.07) is 0. The fourth-order valence-electron chi connectivity index (χ4n) is 0.572. The lowest BCUT2D eigenvalue weighted by atomic mass is 10.5. The Morgan fingerprint density at radius 3 is 2.38 bits per heavy atom. The van der Waals surface area contributed by atoms with Crippen LogP contribution in [0.4, 0.5) is 0 Å². The average molecular weight is 135 g/mol. The highest BCUT2D eigenvalue weighted by Crippen LogP contribution is 2.12. The van der Waals surface area contributed by atoms with Crippen molar-refractivity contribution in [3.05, 3.63) is 0 Å². The van der Waals surface area contributed by atoms with Gasteiger partial charge in [0.1, 0.15) is 0 Å². The first kappa shape index (κ1) is 8.31. The molecule has 2 heteroatoms. The smallest absolute Gasteiger partial charge is 0.00447 e. The quantitative estimate of drug-likeness (QED) is 0.430. The van der Waals surface area contributed by atoms with E-state index in [1.807, 2.05) is 7.05 Å². The molecule has 0 bridgehead atoms.